The van der Waals surface area contributed by atoms with Gasteiger partial charge in [0.05, 0.1) is 30.5 Å². The molecule has 2 N–H and O–H groups in total. The minimum atomic E-state index is -0.345. The number of nitrogens with two attached hydrogens (primary N) is 1. The van der Waals surface area contributed by atoms with E-state index in [2.05, 4.69) is 20.9 Å². The fourth-order valence-electron chi connectivity index (χ4n) is 4.22. The molecule has 2 heterocycles. The van der Waals surface area contributed by atoms with E-state index in [1.54, 1.807) is 31.3 Å². The molecule has 0 radical (unpaired) electrons. The highest BCUT2D eigenvalue weighted by Gasteiger charge is 2.31. The first-order valence-corrected chi connectivity index (χ1v) is 12.5. The standard InChI is InChI=1S/C21H27N5O3.C8H7N/c1-4-29-20(27)10-12-26(18-7-5-6-11-23-18)21(28)15-8-9-16-17(13-15)25(3)19(14-22)24(16)2;9-7-8-5-3-1-2-4-6-8/h5-9,11,13,19H,4,10,12,14,22H2,1-3H3;1-3,5-6H,4H2. The van der Waals surface area contributed by atoms with Crippen molar-refractivity contribution >= 4 is 29.1 Å². The first kappa shape index (κ1) is 28.2. The van der Waals surface area contributed by atoms with Crippen LogP contribution < -0.4 is 20.4 Å². The molecule has 38 heavy (non-hydrogen) atoms. The summed E-state index contributed by atoms with van der Waals surface area (Å²) in [6.45, 7) is 2.73. The Morgan fingerprint density at radius 2 is 1.97 bits per heavy atom. The summed E-state index contributed by atoms with van der Waals surface area (Å²) in [4.78, 5) is 35.1. The SMILES string of the molecule is CCOC(=O)CCN(C(=O)c1ccc2c(c1)N(C)C(CN)N2C)c1ccccn1.N#CC1=CCC=CC=C1. The number of rotatable bonds is 7. The molecule has 1 unspecified atom stereocenters. The lowest BCUT2D eigenvalue weighted by Gasteiger charge is -2.26. The summed E-state index contributed by atoms with van der Waals surface area (Å²) in [5.41, 5.74) is 9.14. The van der Waals surface area contributed by atoms with Crippen LogP contribution in [0.15, 0.2) is 78.5 Å². The van der Waals surface area contributed by atoms with Crippen molar-refractivity contribution in [3.05, 3.63) is 84.1 Å². The molecule has 2 aromatic rings. The fraction of sp³-hybridized carbons (Fsp3) is 0.310. The van der Waals surface area contributed by atoms with Crippen LogP contribution in [-0.2, 0) is 9.53 Å². The monoisotopic (exact) mass is 514 g/mol. The lowest BCUT2D eigenvalue weighted by atomic mass is 10.1. The van der Waals surface area contributed by atoms with Gasteiger partial charge < -0.3 is 20.3 Å². The quantitative estimate of drug-likeness (QED) is 0.555. The van der Waals surface area contributed by atoms with Crippen molar-refractivity contribution in [2.45, 2.75) is 25.9 Å². The fourth-order valence-corrected chi connectivity index (χ4v) is 4.22. The minimum absolute atomic E-state index is 0.0473. The number of carbonyl (C=O) groups is 2. The number of nitriles is 1. The number of esters is 1. The van der Waals surface area contributed by atoms with Crippen molar-refractivity contribution in [1.29, 1.82) is 5.26 Å². The van der Waals surface area contributed by atoms with E-state index >= 15 is 0 Å². The summed E-state index contributed by atoms with van der Waals surface area (Å²) < 4.78 is 5.00. The summed E-state index contributed by atoms with van der Waals surface area (Å²) in [5, 5.41) is 8.42. The summed E-state index contributed by atoms with van der Waals surface area (Å²) in [6, 6.07) is 13.0. The Kier molecular flexibility index (Phi) is 10.2. The predicted molar refractivity (Wildman–Crippen MR) is 150 cm³/mol. The normalized spacial score (nSPS) is 15.4. The van der Waals surface area contributed by atoms with Crippen molar-refractivity contribution < 1.29 is 14.3 Å². The van der Waals surface area contributed by atoms with Crippen LogP contribution in [0.1, 0.15) is 30.1 Å². The second-order valence-electron chi connectivity index (χ2n) is 8.64. The molecule has 1 atom stereocenters. The van der Waals surface area contributed by atoms with Crippen LogP contribution in [0.2, 0.25) is 0 Å². The summed E-state index contributed by atoms with van der Waals surface area (Å²) in [5.74, 6) is -0.0713. The second-order valence-corrected chi connectivity index (χ2v) is 8.64. The van der Waals surface area contributed by atoms with Crippen molar-refractivity contribution in [1.82, 2.24) is 4.98 Å². The van der Waals surface area contributed by atoms with Gasteiger partial charge in [0.2, 0.25) is 0 Å². The van der Waals surface area contributed by atoms with Gasteiger partial charge in [0.1, 0.15) is 12.0 Å². The molecule has 1 aromatic heterocycles. The van der Waals surface area contributed by atoms with Crippen LogP contribution in [0.5, 0.6) is 0 Å². The van der Waals surface area contributed by atoms with Crippen molar-refractivity contribution in [3.8, 4) is 6.07 Å². The zero-order chi connectivity index (χ0) is 27.5. The summed E-state index contributed by atoms with van der Waals surface area (Å²) in [6.07, 6.45) is 12.2. The van der Waals surface area contributed by atoms with E-state index < -0.39 is 0 Å². The lowest BCUT2D eigenvalue weighted by molar-refractivity contribution is -0.142. The van der Waals surface area contributed by atoms with Gasteiger partial charge >= 0.3 is 5.97 Å². The Bertz CT molecular complexity index is 1250. The number of amides is 1. The lowest BCUT2D eigenvalue weighted by Crippen LogP contribution is -2.44. The number of hydrogen-bond acceptors (Lipinski definition) is 8. The maximum Gasteiger partial charge on any atom is 0.307 e. The number of benzene rings is 1. The van der Waals surface area contributed by atoms with E-state index in [1.807, 2.05) is 62.7 Å². The molecule has 0 saturated heterocycles. The Balaban J connectivity index is 0.000000375. The molecule has 1 aliphatic carbocycles. The average Bonchev–Trinajstić information content (AvgIpc) is 3.10. The Hall–Kier alpha value is -4.42. The van der Waals surface area contributed by atoms with Crippen LogP contribution in [0.4, 0.5) is 17.2 Å². The first-order valence-electron chi connectivity index (χ1n) is 12.5. The highest BCUT2D eigenvalue weighted by atomic mass is 16.5. The molecule has 1 aromatic carbocycles. The third-order valence-corrected chi connectivity index (χ3v) is 6.23. The number of hydrogen-bond donors (Lipinski definition) is 1. The maximum atomic E-state index is 13.3. The molecule has 2 aliphatic rings. The number of aromatic nitrogens is 1. The third kappa shape index (κ3) is 6.87. The van der Waals surface area contributed by atoms with Gasteiger partial charge in [-0.25, -0.2) is 4.98 Å². The second kappa shape index (κ2) is 13.8. The Labute approximate surface area is 224 Å². The molecule has 9 heteroatoms. The van der Waals surface area contributed by atoms with E-state index in [0.29, 0.717) is 24.5 Å². The molecule has 1 aliphatic heterocycles. The molecule has 0 bridgehead atoms. The largest absolute Gasteiger partial charge is 0.466 e. The highest BCUT2D eigenvalue weighted by Crippen LogP contribution is 2.38. The van der Waals surface area contributed by atoms with Crippen LogP contribution >= 0.6 is 0 Å². The minimum Gasteiger partial charge on any atom is -0.466 e. The topological polar surface area (TPSA) is 116 Å². The zero-order valence-electron chi connectivity index (χ0n) is 22.1. The molecular formula is C29H34N6O3. The van der Waals surface area contributed by atoms with Crippen molar-refractivity contribution in [2.75, 3.05) is 48.5 Å². The van der Waals surface area contributed by atoms with Gasteiger partial charge in [0.25, 0.3) is 5.91 Å². The number of carbonyl (C=O) groups excluding carboxylic acids is 2. The van der Waals surface area contributed by atoms with Crippen LogP contribution in [0.25, 0.3) is 0 Å². The molecule has 198 valence electrons. The van der Waals surface area contributed by atoms with E-state index in [4.69, 9.17) is 15.7 Å². The number of fused-ring (bicyclic) bond motifs is 1. The Morgan fingerprint density at radius 3 is 2.66 bits per heavy atom. The van der Waals surface area contributed by atoms with Gasteiger partial charge in [0.15, 0.2) is 0 Å². The van der Waals surface area contributed by atoms with Gasteiger partial charge in [-0.3, -0.25) is 14.5 Å². The molecule has 4 rings (SSSR count). The molecule has 0 fully saturated rings. The van der Waals surface area contributed by atoms with Gasteiger partial charge in [-0.1, -0.05) is 30.4 Å². The average molecular weight is 515 g/mol. The predicted octanol–water partition coefficient (Wildman–Crippen LogP) is 3.80. The number of nitrogens with zero attached hydrogens (tertiary/aromatic N) is 5. The zero-order valence-corrected chi connectivity index (χ0v) is 22.1. The highest BCUT2D eigenvalue weighted by molar-refractivity contribution is 6.07. The number of ether oxygens (including phenoxy) is 1. The number of allylic oxidation sites excluding steroid dienone is 6. The third-order valence-electron chi connectivity index (χ3n) is 6.23. The molecule has 0 saturated carbocycles. The Morgan fingerprint density at radius 1 is 1.18 bits per heavy atom. The van der Waals surface area contributed by atoms with Crippen molar-refractivity contribution in [2.24, 2.45) is 5.73 Å². The van der Waals surface area contributed by atoms with Crippen LogP contribution in [0.3, 0.4) is 0 Å². The first-order chi connectivity index (χ1) is 18.4. The van der Waals surface area contributed by atoms with E-state index in [1.165, 1.54) is 4.90 Å². The molecule has 9 nitrogen and oxygen atoms in total. The smallest absolute Gasteiger partial charge is 0.307 e. The number of likely N-dealkylation sites (N-methyl/N-ethyl adjacent to an activating group) is 2. The van der Waals surface area contributed by atoms with Gasteiger partial charge in [0, 0.05) is 44.5 Å². The maximum absolute atomic E-state index is 13.3. The summed E-state index contributed by atoms with van der Waals surface area (Å²) >= 11 is 0. The number of anilines is 3. The van der Waals surface area contributed by atoms with E-state index in [0.717, 1.165) is 23.4 Å². The molecule has 1 amide bonds. The van der Waals surface area contributed by atoms with Crippen LogP contribution in [-0.4, -0.2) is 56.8 Å². The van der Waals surface area contributed by atoms with E-state index in [-0.39, 0.29) is 31.0 Å². The number of pyridine rings is 1. The summed E-state index contributed by atoms with van der Waals surface area (Å²) in [7, 11) is 3.95. The molecular weight excluding hydrogens is 480 g/mol. The van der Waals surface area contributed by atoms with Gasteiger partial charge in [-0.2, -0.15) is 5.26 Å². The van der Waals surface area contributed by atoms with Crippen molar-refractivity contribution in [3.63, 3.8) is 0 Å². The van der Waals surface area contributed by atoms with Crippen LogP contribution in [0, 0.1) is 11.3 Å². The molecule has 0 spiro atoms. The van der Waals surface area contributed by atoms with E-state index in [9.17, 15) is 9.59 Å². The van der Waals surface area contributed by atoms with Gasteiger partial charge in [-0.05, 0) is 49.8 Å². The van der Waals surface area contributed by atoms with Gasteiger partial charge in [-0.15, -0.1) is 0 Å².